The molecule has 1 saturated heterocycles. The summed E-state index contributed by atoms with van der Waals surface area (Å²) in [6, 6.07) is 0. The third-order valence-corrected chi connectivity index (χ3v) is 3.38. The molecule has 22 heavy (non-hydrogen) atoms. The van der Waals surface area contributed by atoms with Crippen LogP contribution in [-0.2, 0) is 23.9 Å². The summed E-state index contributed by atoms with van der Waals surface area (Å²) < 4.78 is 9.97. The molecule has 0 saturated carbocycles. The van der Waals surface area contributed by atoms with Gasteiger partial charge in [-0.05, 0) is 27.7 Å². The third-order valence-electron chi connectivity index (χ3n) is 3.38. The number of hydrogen-bond donors (Lipinski definition) is 0. The van der Waals surface area contributed by atoms with Gasteiger partial charge in [-0.25, -0.2) is 4.79 Å². The van der Waals surface area contributed by atoms with E-state index < -0.39 is 23.1 Å². The zero-order valence-corrected chi connectivity index (χ0v) is 13.7. The van der Waals surface area contributed by atoms with E-state index in [0.29, 0.717) is 0 Å². The molecule has 0 N–H and O–H groups in total. The molecule has 1 unspecified atom stereocenters. The molecule has 0 spiro atoms. The number of hydrogen-bond acceptors (Lipinski definition) is 6. The minimum Gasteiger partial charge on any atom is -0.468 e. The number of Topliss-reactive ketones (excluding diaryl/α,β-unsaturated/α-hetero) is 2. The largest absolute Gasteiger partial charge is 0.468 e. The molecule has 1 rings (SSSR count). The molecule has 1 aliphatic rings. The van der Waals surface area contributed by atoms with Gasteiger partial charge in [0.15, 0.2) is 11.2 Å². The van der Waals surface area contributed by atoms with Gasteiger partial charge in [-0.3, -0.25) is 14.4 Å². The van der Waals surface area contributed by atoms with Crippen LogP contribution in [0, 0.1) is 5.41 Å². The van der Waals surface area contributed by atoms with Gasteiger partial charge in [0.05, 0.1) is 7.11 Å². The predicted octanol–water partition coefficient (Wildman–Crippen LogP) is 1.33. The highest BCUT2D eigenvalue weighted by Gasteiger charge is 2.52. The molecule has 124 valence electrons. The molecule has 0 aliphatic carbocycles. The quantitative estimate of drug-likeness (QED) is 0.577. The summed E-state index contributed by atoms with van der Waals surface area (Å²) >= 11 is 0. The Bertz CT molecular complexity index is 483. The summed E-state index contributed by atoms with van der Waals surface area (Å²) in [5, 5.41) is 0. The predicted molar refractivity (Wildman–Crippen MR) is 77.2 cm³/mol. The molecule has 1 heterocycles. The fourth-order valence-electron chi connectivity index (χ4n) is 2.48. The van der Waals surface area contributed by atoms with E-state index in [9.17, 15) is 19.2 Å². The Morgan fingerprint density at radius 1 is 1.27 bits per heavy atom. The average Bonchev–Trinajstić information content (AvgIpc) is 2.37. The van der Waals surface area contributed by atoms with Crippen LogP contribution in [0.4, 0.5) is 4.79 Å². The Morgan fingerprint density at radius 2 is 1.86 bits per heavy atom. The van der Waals surface area contributed by atoms with Crippen molar-refractivity contribution in [3.63, 3.8) is 0 Å². The van der Waals surface area contributed by atoms with Crippen molar-refractivity contribution in [1.29, 1.82) is 0 Å². The second-order valence-corrected chi connectivity index (χ2v) is 6.53. The molecule has 0 aromatic heterocycles. The van der Waals surface area contributed by atoms with E-state index >= 15 is 0 Å². The Morgan fingerprint density at radius 3 is 2.32 bits per heavy atom. The van der Waals surface area contributed by atoms with Gasteiger partial charge in [0, 0.05) is 25.9 Å². The van der Waals surface area contributed by atoms with Gasteiger partial charge in [0.2, 0.25) is 0 Å². The van der Waals surface area contributed by atoms with Gasteiger partial charge >= 0.3 is 12.1 Å². The number of nitrogens with zero attached hydrogens (tertiary/aromatic N) is 1. The van der Waals surface area contributed by atoms with E-state index in [-0.39, 0.29) is 37.5 Å². The SMILES string of the molecule is COC(=O)C1(CC(C)=O)CN(C(=O)OC(C)(C)C)CCC1=O. The first kappa shape index (κ1) is 18.1. The van der Waals surface area contributed by atoms with Crippen molar-refractivity contribution in [1.82, 2.24) is 4.90 Å². The summed E-state index contributed by atoms with van der Waals surface area (Å²) in [5.74, 6) is -1.49. The van der Waals surface area contributed by atoms with Gasteiger partial charge in [-0.2, -0.15) is 0 Å². The van der Waals surface area contributed by atoms with Gasteiger partial charge < -0.3 is 14.4 Å². The fourth-order valence-corrected chi connectivity index (χ4v) is 2.48. The molecule has 0 aromatic rings. The van der Waals surface area contributed by atoms with Gasteiger partial charge in [0.1, 0.15) is 11.4 Å². The van der Waals surface area contributed by atoms with Gasteiger partial charge in [0.25, 0.3) is 0 Å². The second-order valence-electron chi connectivity index (χ2n) is 6.53. The minimum absolute atomic E-state index is 0.0123. The number of piperidine rings is 1. The molecule has 7 heteroatoms. The van der Waals surface area contributed by atoms with E-state index in [0.717, 1.165) is 7.11 Å². The lowest BCUT2D eigenvalue weighted by Gasteiger charge is -2.39. The van der Waals surface area contributed by atoms with E-state index in [1.165, 1.54) is 11.8 Å². The van der Waals surface area contributed by atoms with Crippen molar-refractivity contribution in [2.45, 2.75) is 46.1 Å². The van der Waals surface area contributed by atoms with Crippen LogP contribution in [0.5, 0.6) is 0 Å². The van der Waals surface area contributed by atoms with Crippen LogP contribution in [0.15, 0.2) is 0 Å². The van der Waals surface area contributed by atoms with Crippen LogP contribution < -0.4 is 0 Å². The molecule has 0 aromatic carbocycles. The first-order chi connectivity index (χ1) is 10.0. The summed E-state index contributed by atoms with van der Waals surface area (Å²) in [4.78, 5) is 49.3. The van der Waals surface area contributed by atoms with Crippen molar-refractivity contribution in [2.75, 3.05) is 20.2 Å². The summed E-state index contributed by atoms with van der Waals surface area (Å²) in [6.07, 6.45) is -0.906. The normalized spacial score (nSPS) is 22.2. The summed E-state index contributed by atoms with van der Waals surface area (Å²) in [7, 11) is 1.16. The third kappa shape index (κ3) is 4.05. The average molecular weight is 313 g/mol. The minimum atomic E-state index is -1.63. The molecule has 7 nitrogen and oxygen atoms in total. The van der Waals surface area contributed by atoms with Crippen LogP contribution in [-0.4, -0.2) is 54.3 Å². The van der Waals surface area contributed by atoms with Gasteiger partial charge in [-0.1, -0.05) is 0 Å². The number of amides is 1. The number of ether oxygens (including phenoxy) is 2. The lowest BCUT2D eigenvalue weighted by atomic mass is 9.75. The molecular weight excluding hydrogens is 290 g/mol. The topological polar surface area (TPSA) is 90.0 Å². The molecule has 1 amide bonds. The molecular formula is C15H23NO6. The Kier molecular flexibility index (Phi) is 5.32. The summed E-state index contributed by atoms with van der Waals surface area (Å²) in [6.45, 7) is 6.43. The standard InChI is InChI=1S/C15H23NO6/c1-10(17)8-15(12(19)21-5)9-16(7-6-11(15)18)13(20)22-14(2,3)4/h6-9H2,1-5H3. The Labute approximate surface area is 129 Å². The molecule has 1 atom stereocenters. The zero-order valence-electron chi connectivity index (χ0n) is 13.7. The Hall–Kier alpha value is -1.92. The van der Waals surface area contributed by atoms with E-state index in [4.69, 9.17) is 9.47 Å². The number of esters is 1. The first-order valence-electron chi connectivity index (χ1n) is 7.11. The van der Waals surface area contributed by atoms with Crippen LogP contribution in [0.25, 0.3) is 0 Å². The molecule has 1 aliphatic heterocycles. The second kappa shape index (κ2) is 6.46. The van der Waals surface area contributed by atoms with Crippen LogP contribution in [0.2, 0.25) is 0 Å². The maximum absolute atomic E-state index is 12.3. The van der Waals surface area contributed by atoms with Crippen molar-refractivity contribution in [3.05, 3.63) is 0 Å². The number of methoxy groups -OCH3 is 1. The number of carbonyl (C=O) groups excluding carboxylic acids is 4. The lowest BCUT2D eigenvalue weighted by Crippen LogP contribution is -2.57. The number of rotatable bonds is 3. The van der Waals surface area contributed by atoms with Crippen molar-refractivity contribution >= 4 is 23.6 Å². The highest BCUT2D eigenvalue weighted by molar-refractivity contribution is 6.08. The van der Waals surface area contributed by atoms with E-state index in [2.05, 4.69) is 0 Å². The Balaban J connectivity index is 3.05. The van der Waals surface area contributed by atoms with Crippen LogP contribution in [0.1, 0.15) is 40.5 Å². The fraction of sp³-hybridized carbons (Fsp3) is 0.733. The van der Waals surface area contributed by atoms with Crippen molar-refractivity contribution in [3.8, 4) is 0 Å². The first-order valence-corrected chi connectivity index (χ1v) is 7.11. The van der Waals surface area contributed by atoms with Gasteiger partial charge in [-0.15, -0.1) is 0 Å². The van der Waals surface area contributed by atoms with E-state index in [1.54, 1.807) is 20.8 Å². The van der Waals surface area contributed by atoms with Crippen molar-refractivity contribution in [2.24, 2.45) is 5.41 Å². The zero-order chi connectivity index (χ0) is 17.1. The van der Waals surface area contributed by atoms with Crippen molar-refractivity contribution < 1.29 is 28.7 Å². The van der Waals surface area contributed by atoms with Crippen LogP contribution >= 0.6 is 0 Å². The highest BCUT2D eigenvalue weighted by atomic mass is 16.6. The highest BCUT2D eigenvalue weighted by Crippen LogP contribution is 2.33. The molecule has 0 bridgehead atoms. The van der Waals surface area contributed by atoms with E-state index in [1.807, 2.05) is 0 Å². The summed E-state index contributed by atoms with van der Waals surface area (Å²) in [5.41, 5.74) is -2.32. The maximum atomic E-state index is 12.3. The maximum Gasteiger partial charge on any atom is 0.410 e. The molecule has 0 radical (unpaired) electrons. The monoisotopic (exact) mass is 313 g/mol. The number of carbonyl (C=O) groups is 4. The lowest BCUT2D eigenvalue weighted by molar-refractivity contribution is -0.163. The number of likely N-dealkylation sites (tertiary alicyclic amines) is 1. The smallest absolute Gasteiger partial charge is 0.410 e. The molecule has 1 fully saturated rings. The number of ketones is 2. The van der Waals surface area contributed by atoms with Crippen LogP contribution in [0.3, 0.4) is 0 Å².